The second-order valence-electron chi connectivity index (χ2n) is 5.86. The summed E-state index contributed by atoms with van der Waals surface area (Å²) in [6, 6.07) is 5.66. The van der Waals surface area contributed by atoms with Crippen molar-refractivity contribution in [1.29, 1.82) is 0 Å². The normalized spacial score (nSPS) is 20.0. The first-order valence-corrected chi connectivity index (χ1v) is 10.5. The van der Waals surface area contributed by atoms with Gasteiger partial charge < -0.3 is 9.64 Å². The van der Waals surface area contributed by atoms with Crippen molar-refractivity contribution in [2.45, 2.75) is 30.4 Å². The molecule has 0 unspecified atom stereocenters. The van der Waals surface area contributed by atoms with E-state index >= 15 is 0 Å². The SMILES string of the molecule is C[C@@H](OC(=O)CSc1ccccc1F)C(=O)N(C)[C@H]1CCS(=O)(=O)C1. The van der Waals surface area contributed by atoms with Gasteiger partial charge in [0.1, 0.15) is 5.82 Å². The smallest absolute Gasteiger partial charge is 0.317 e. The van der Waals surface area contributed by atoms with Crippen molar-refractivity contribution >= 4 is 33.5 Å². The zero-order chi connectivity index (χ0) is 18.6. The first-order valence-electron chi connectivity index (χ1n) is 7.73. The van der Waals surface area contributed by atoms with Gasteiger partial charge in [0, 0.05) is 18.0 Å². The van der Waals surface area contributed by atoms with Crippen molar-refractivity contribution in [2.24, 2.45) is 0 Å². The summed E-state index contributed by atoms with van der Waals surface area (Å²) in [5, 5.41) is 0. The van der Waals surface area contributed by atoms with Crippen LogP contribution in [0.25, 0.3) is 0 Å². The number of likely N-dealkylation sites (N-methyl/N-ethyl adjacent to an activating group) is 1. The minimum atomic E-state index is -3.11. The fourth-order valence-corrected chi connectivity index (χ4v) is 5.02. The molecule has 2 atom stereocenters. The number of ether oxygens (including phenoxy) is 1. The Kier molecular flexibility index (Phi) is 6.45. The van der Waals surface area contributed by atoms with Crippen molar-refractivity contribution < 1.29 is 27.1 Å². The van der Waals surface area contributed by atoms with Gasteiger partial charge in [-0.15, -0.1) is 11.8 Å². The third kappa shape index (κ3) is 5.43. The molecule has 0 aromatic heterocycles. The Morgan fingerprint density at radius 2 is 2.08 bits per heavy atom. The van der Waals surface area contributed by atoms with Crippen molar-refractivity contribution in [3.63, 3.8) is 0 Å². The Hall–Kier alpha value is -1.61. The summed E-state index contributed by atoms with van der Waals surface area (Å²) in [5.74, 6) is -1.65. The molecule has 0 bridgehead atoms. The molecule has 6 nitrogen and oxygen atoms in total. The number of carbonyl (C=O) groups excluding carboxylic acids is 2. The van der Waals surface area contributed by atoms with E-state index < -0.39 is 39.7 Å². The van der Waals surface area contributed by atoms with E-state index in [1.807, 2.05) is 0 Å². The van der Waals surface area contributed by atoms with E-state index in [0.717, 1.165) is 11.8 Å². The fourth-order valence-electron chi connectivity index (χ4n) is 2.53. The summed E-state index contributed by atoms with van der Waals surface area (Å²) < 4.78 is 41.6. The first kappa shape index (κ1) is 19.7. The topological polar surface area (TPSA) is 80.8 Å². The number of amides is 1. The molecule has 0 radical (unpaired) electrons. The summed E-state index contributed by atoms with van der Waals surface area (Å²) in [4.78, 5) is 25.8. The quantitative estimate of drug-likeness (QED) is 0.542. The van der Waals surface area contributed by atoms with E-state index in [2.05, 4.69) is 0 Å². The third-order valence-electron chi connectivity index (χ3n) is 3.94. The molecule has 138 valence electrons. The van der Waals surface area contributed by atoms with Gasteiger partial charge in [-0.1, -0.05) is 12.1 Å². The van der Waals surface area contributed by atoms with Gasteiger partial charge in [0.2, 0.25) is 0 Å². The van der Waals surface area contributed by atoms with Crippen molar-refractivity contribution in [3.8, 4) is 0 Å². The fraction of sp³-hybridized carbons (Fsp3) is 0.500. The Morgan fingerprint density at radius 1 is 1.40 bits per heavy atom. The van der Waals surface area contributed by atoms with Crippen LogP contribution in [0.5, 0.6) is 0 Å². The highest BCUT2D eigenvalue weighted by atomic mass is 32.2. The lowest BCUT2D eigenvalue weighted by atomic mass is 10.2. The van der Waals surface area contributed by atoms with Crippen LogP contribution in [0.15, 0.2) is 29.2 Å². The number of thioether (sulfide) groups is 1. The molecule has 1 aromatic carbocycles. The van der Waals surface area contributed by atoms with Crippen molar-refractivity contribution in [2.75, 3.05) is 24.3 Å². The van der Waals surface area contributed by atoms with E-state index in [0.29, 0.717) is 11.3 Å². The van der Waals surface area contributed by atoms with Crippen LogP contribution in [0.3, 0.4) is 0 Å². The summed E-state index contributed by atoms with van der Waals surface area (Å²) in [7, 11) is -1.60. The summed E-state index contributed by atoms with van der Waals surface area (Å²) in [6.45, 7) is 1.44. The predicted octanol–water partition coefficient (Wildman–Crippen LogP) is 1.50. The number of rotatable bonds is 6. The van der Waals surface area contributed by atoms with Crippen LogP contribution < -0.4 is 0 Å². The van der Waals surface area contributed by atoms with E-state index in [4.69, 9.17) is 4.74 Å². The van der Waals surface area contributed by atoms with Gasteiger partial charge in [0.25, 0.3) is 5.91 Å². The highest BCUT2D eigenvalue weighted by Crippen LogP contribution is 2.22. The highest BCUT2D eigenvalue weighted by molar-refractivity contribution is 8.00. The Balaban J connectivity index is 1.84. The lowest BCUT2D eigenvalue weighted by Crippen LogP contribution is -2.44. The number of nitrogens with zero attached hydrogens (tertiary/aromatic N) is 1. The maximum atomic E-state index is 13.5. The van der Waals surface area contributed by atoms with Gasteiger partial charge in [-0.25, -0.2) is 12.8 Å². The average Bonchev–Trinajstić information content (AvgIpc) is 2.92. The molecule has 0 saturated carbocycles. The third-order valence-corrected chi connectivity index (χ3v) is 6.71. The van der Waals surface area contributed by atoms with Crippen LogP contribution in [-0.4, -0.2) is 61.6 Å². The molecule has 1 aliphatic rings. The van der Waals surface area contributed by atoms with E-state index in [-0.39, 0.29) is 17.3 Å². The number of hydrogen-bond acceptors (Lipinski definition) is 6. The number of hydrogen-bond donors (Lipinski definition) is 0. The molecule has 1 aromatic rings. The molecule has 25 heavy (non-hydrogen) atoms. The van der Waals surface area contributed by atoms with E-state index in [9.17, 15) is 22.4 Å². The lowest BCUT2D eigenvalue weighted by Gasteiger charge is -2.26. The molecule has 0 N–H and O–H groups in total. The van der Waals surface area contributed by atoms with Crippen molar-refractivity contribution in [3.05, 3.63) is 30.1 Å². The number of carbonyl (C=O) groups is 2. The minimum Gasteiger partial charge on any atom is -0.452 e. The molecule has 0 aliphatic carbocycles. The van der Waals surface area contributed by atoms with Gasteiger partial charge in [-0.2, -0.15) is 0 Å². The second kappa shape index (κ2) is 8.18. The number of benzene rings is 1. The van der Waals surface area contributed by atoms with Crippen LogP contribution in [0.4, 0.5) is 4.39 Å². The Morgan fingerprint density at radius 3 is 2.68 bits per heavy atom. The minimum absolute atomic E-state index is 0.0583. The maximum absolute atomic E-state index is 13.5. The number of halogens is 1. The molecule has 1 aliphatic heterocycles. The lowest BCUT2D eigenvalue weighted by molar-refractivity contribution is -0.157. The zero-order valence-electron chi connectivity index (χ0n) is 14.0. The highest BCUT2D eigenvalue weighted by Gasteiger charge is 2.34. The molecular formula is C16H20FNO5S2. The Labute approximate surface area is 150 Å². The number of sulfone groups is 1. The molecule has 9 heteroatoms. The van der Waals surface area contributed by atoms with Crippen LogP contribution in [0, 0.1) is 5.82 Å². The number of esters is 1. The molecule has 1 heterocycles. The molecule has 1 saturated heterocycles. The molecule has 0 spiro atoms. The second-order valence-corrected chi connectivity index (χ2v) is 9.10. The molecule has 2 rings (SSSR count). The van der Waals surface area contributed by atoms with E-state index in [1.54, 1.807) is 18.2 Å². The van der Waals surface area contributed by atoms with Gasteiger partial charge in [-0.05, 0) is 25.5 Å². The average molecular weight is 389 g/mol. The standard InChI is InChI=1S/C16H20FNO5S2/c1-11(16(20)18(2)12-7-8-25(21,22)10-12)23-15(19)9-24-14-6-4-3-5-13(14)17/h3-6,11-12H,7-10H2,1-2H3/t11-,12+/m1/s1. The van der Waals surface area contributed by atoms with E-state index in [1.165, 1.54) is 24.9 Å². The Bertz CT molecular complexity index is 753. The summed E-state index contributed by atoms with van der Waals surface area (Å²) in [6.07, 6.45) is -0.643. The predicted molar refractivity (Wildman–Crippen MR) is 92.5 cm³/mol. The zero-order valence-corrected chi connectivity index (χ0v) is 15.6. The van der Waals surface area contributed by atoms with Gasteiger partial charge in [0.05, 0.1) is 17.3 Å². The van der Waals surface area contributed by atoms with Crippen LogP contribution in [-0.2, 0) is 24.2 Å². The first-order chi connectivity index (χ1) is 11.7. The van der Waals surface area contributed by atoms with Gasteiger partial charge in [0.15, 0.2) is 15.9 Å². The molecular weight excluding hydrogens is 369 g/mol. The summed E-state index contributed by atoms with van der Waals surface area (Å²) >= 11 is 0.989. The molecule has 1 fully saturated rings. The van der Waals surface area contributed by atoms with Gasteiger partial charge >= 0.3 is 5.97 Å². The molecule has 1 amide bonds. The van der Waals surface area contributed by atoms with Crippen molar-refractivity contribution in [1.82, 2.24) is 4.90 Å². The van der Waals surface area contributed by atoms with Gasteiger partial charge in [-0.3, -0.25) is 9.59 Å². The summed E-state index contributed by atoms with van der Waals surface area (Å²) in [5.41, 5.74) is 0. The van der Waals surface area contributed by atoms with Crippen LogP contribution in [0.2, 0.25) is 0 Å². The van der Waals surface area contributed by atoms with Crippen LogP contribution in [0.1, 0.15) is 13.3 Å². The maximum Gasteiger partial charge on any atom is 0.317 e. The van der Waals surface area contributed by atoms with Crippen LogP contribution >= 0.6 is 11.8 Å². The largest absolute Gasteiger partial charge is 0.452 e. The monoisotopic (exact) mass is 389 g/mol.